The monoisotopic (exact) mass is 345 g/mol. The number of rotatable bonds is 6. The Morgan fingerprint density at radius 1 is 1.08 bits per heavy atom. The molecule has 0 radical (unpaired) electrons. The van der Waals surface area contributed by atoms with Crippen molar-refractivity contribution < 1.29 is 28.3 Å². The highest BCUT2D eigenvalue weighted by Gasteiger charge is 2.15. The molecule has 0 spiro atoms. The van der Waals surface area contributed by atoms with Crippen LogP contribution in [0.5, 0.6) is 0 Å². The first kappa shape index (κ1) is 18.3. The molecule has 1 N–H and O–H groups in total. The van der Waals surface area contributed by atoms with Crippen LogP contribution >= 0.6 is 0 Å². The molecule has 0 unspecified atom stereocenters. The first-order valence-corrected chi connectivity index (χ1v) is 7.69. The predicted molar refractivity (Wildman–Crippen MR) is 89.4 cm³/mol. The summed E-state index contributed by atoms with van der Waals surface area (Å²) in [6.45, 7) is 4.72. The number of hydrogen-bond acceptors (Lipinski definition) is 6. The Morgan fingerprint density at radius 2 is 1.76 bits per heavy atom. The molecule has 1 aromatic heterocycles. The molecule has 132 valence electrons. The normalized spacial score (nSPS) is 10.4. The Balaban J connectivity index is 1.85. The highest BCUT2D eigenvalue weighted by Crippen LogP contribution is 2.12. The van der Waals surface area contributed by atoms with Crippen molar-refractivity contribution in [3.05, 3.63) is 53.5 Å². The summed E-state index contributed by atoms with van der Waals surface area (Å²) in [5, 5.41) is 2.57. The lowest BCUT2D eigenvalue weighted by Gasteiger charge is -2.09. The van der Waals surface area contributed by atoms with Gasteiger partial charge in [-0.1, -0.05) is 0 Å². The summed E-state index contributed by atoms with van der Waals surface area (Å²) in [5.74, 6) is -1.13. The summed E-state index contributed by atoms with van der Waals surface area (Å²) >= 11 is 0. The van der Waals surface area contributed by atoms with Gasteiger partial charge < -0.3 is 19.2 Å². The van der Waals surface area contributed by atoms with Gasteiger partial charge in [-0.15, -0.1) is 0 Å². The number of anilines is 1. The molecule has 25 heavy (non-hydrogen) atoms. The number of nitrogens with one attached hydrogen (secondary N) is 1. The van der Waals surface area contributed by atoms with Crippen LogP contribution in [0.3, 0.4) is 0 Å². The molecule has 0 aliphatic rings. The minimum Gasteiger partial charge on any atom is -0.469 e. The zero-order valence-electron chi connectivity index (χ0n) is 14.2. The standard InChI is InChI=1S/C18H19NO6/c1-11(2)25-17(21)13-4-6-14(7-5-13)19-16(20)10-24-18(22)15-8-9-23-12(15)3/h4-9,11H,10H2,1-3H3,(H,19,20). The Kier molecular flexibility index (Phi) is 5.94. The van der Waals surface area contributed by atoms with Crippen molar-refractivity contribution in [3.63, 3.8) is 0 Å². The van der Waals surface area contributed by atoms with E-state index in [0.717, 1.165) is 0 Å². The summed E-state index contributed by atoms with van der Waals surface area (Å²) < 4.78 is 15.0. The predicted octanol–water partition coefficient (Wildman–Crippen LogP) is 2.95. The molecular formula is C18H19NO6. The number of esters is 2. The Hall–Kier alpha value is -3.09. The van der Waals surface area contributed by atoms with Crippen LogP contribution in [-0.4, -0.2) is 30.6 Å². The summed E-state index contributed by atoms with van der Waals surface area (Å²) in [5.41, 5.74) is 1.14. The fraction of sp³-hybridized carbons (Fsp3) is 0.278. The molecule has 1 amide bonds. The van der Waals surface area contributed by atoms with Crippen molar-refractivity contribution in [2.24, 2.45) is 0 Å². The molecule has 0 bridgehead atoms. The highest BCUT2D eigenvalue weighted by atomic mass is 16.5. The number of carbonyl (C=O) groups excluding carboxylic acids is 3. The molecular weight excluding hydrogens is 326 g/mol. The van der Waals surface area contributed by atoms with Gasteiger partial charge in [0.15, 0.2) is 6.61 Å². The van der Waals surface area contributed by atoms with Crippen molar-refractivity contribution in [1.29, 1.82) is 0 Å². The van der Waals surface area contributed by atoms with Gasteiger partial charge in [-0.2, -0.15) is 0 Å². The lowest BCUT2D eigenvalue weighted by atomic mass is 10.2. The molecule has 1 heterocycles. The molecule has 0 saturated heterocycles. The van der Waals surface area contributed by atoms with Crippen molar-refractivity contribution in [2.75, 3.05) is 11.9 Å². The van der Waals surface area contributed by atoms with Crippen LogP contribution < -0.4 is 5.32 Å². The molecule has 0 aliphatic heterocycles. The van der Waals surface area contributed by atoms with Crippen molar-refractivity contribution in [2.45, 2.75) is 26.9 Å². The van der Waals surface area contributed by atoms with Crippen LogP contribution in [0.25, 0.3) is 0 Å². The van der Waals surface area contributed by atoms with Gasteiger partial charge in [-0.05, 0) is 51.1 Å². The van der Waals surface area contributed by atoms with E-state index >= 15 is 0 Å². The van der Waals surface area contributed by atoms with Crippen LogP contribution in [0.15, 0.2) is 41.0 Å². The minimum atomic E-state index is -0.631. The molecule has 2 aromatic rings. The summed E-state index contributed by atoms with van der Waals surface area (Å²) in [4.78, 5) is 35.3. The minimum absolute atomic E-state index is 0.208. The molecule has 2 rings (SSSR count). The highest BCUT2D eigenvalue weighted by molar-refractivity contribution is 5.96. The Bertz CT molecular complexity index is 760. The number of aryl methyl sites for hydroxylation is 1. The average Bonchev–Trinajstić information content (AvgIpc) is 2.99. The maximum Gasteiger partial charge on any atom is 0.342 e. The van der Waals surface area contributed by atoms with Crippen LogP contribution in [-0.2, 0) is 14.3 Å². The number of benzene rings is 1. The Morgan fingerprint density at radius 3 is 2.32 bits per heavy atom. The first-order valence-electron chi connectivity index (χ1n) is 7.69. The summed E-state index contributed by atoms with van der Waals surface area (Å²) in [6.07, 6.45) is 1.16. The maximum atomic E-state index is 11.8. The second-order valence-electron chi connectivity index (χ2n) is 5.55. The lowest BCUT2D eigenvalue weighted by molar-refractivity contribution is -0.119. The van der Waals surface area contributed by atoms with E-state index in [1.807, 2.05) is 0 Å². The molecule has 0 aliphatic carbocycles. The molecule has 0 saturated carbocycles. The van der Waals surface area contributed by atoms with Gasteiger partial charge in [0.2, 0.25) is 0 Å². The van der Waals surface area contributed by atoms with E-state index in [4.69, 9.17) is 13.9 Å². The van der Waals surface area contributed by atoms with Crippen LogP contribution in [0.4, 0.5) is 5.69 Å². The number of furan rings is 1. The van der Waals surface area contributed by atoms with E-state index in [0.29, 0.717) is 17.0 Å². The zero-order chi connectivity index (χ0) is 18.4. The second kappa shape index (κ2) is 8.14. The van der Waals surface area contributed by atoms with Gasteiger partial charge in [-0.3, -0.25) is 4.79 Å². The fourth-order valence-corrected chi connectivity index (χ4v) is 1.97. The first-order chi connectivity index (χ1) is 11.9. The van der Waals surface area contributed by atoms with Crippen molar-refractivity contribution >= 4 is 23.5 Å². The third-order valence-electron chi connectivity index (χ3n) is 3.16. The van der Waals surface area contributed by atoms with Gasteiger partial charge in [0.05, 0.1) is 17.9 Å². The number of hydrogen-bond donors (Lipinski definition) is 1. The van der Waals surface area contributed by atoms with E-state index in [1.54, 1.807) is 45.0 Å². The van der Waals surface area contributed by atoms with Crippen molar-refractivity contribution in [3.8, 4) is 0 Å². The molecule has 0 fully saturated rings. The number of ether oxygens (including phenoxy) is 2. The van der Waals surface area contributed by atoms with E-state index in [-0.39, 0.29) is 11.7 Å². The molecule has 7 nitrogen and oxygen atoms in total. The van der Waals surface area contributed by atoms with Gasteiger partial charge in [0.25, 0.3) is 5.91 Å². The largest absolute Gasteiger partial charge is 0.469 e. The van der Waals surface area contributed by atoms with Crippen LogP contribution in [0.2, 0.25) is 0 Å². The van der Waals surface area contributed by atoms with E-state index in [1.165, 1.54) is 12.3 Å². The van der Waals surface area contributed by atoms with Gasteiger partial charge in [0, 0.05) is 5.69 Å². The quantitative estimate of drug-likeness (QED) is 0.809. The van der Waals surface area contributed by atoms with Gasteiger partial charge >= 0.3 is 11.9 Å². The zero-order valence-corrected chi connectivity index (χ0v) is 14.2. The Labute approximate surface area is 144 Å². The van der Waals surface area contributed by atoms with Gasteiger partial charge in [-0.25, -0.2) is 9.59 Å². The summed E-state index contributed by atoms with van der Waals surface area (Å²) in [6, 6.07) is 7.70. The van der Waals surface area contributed by atoms with E-state index < -0.39 is 24.5 Å². The van der Waals surface area contributed by atoms with Crippen LogP contribution in [0, 0.1) is 6.92 Å². The fourth-order valence-electron chi connectivity index (χ4n) is 1.97. The topological polar surface area (TPSA) is 94.8 Å². The lowest BCUT2D eigenvalue weighted by Crippen LogP contribution is -2.21. The van der Waals surface area contributed by atoms with E-state index in [9.17, 15) is 14.4 Å². The third kappa shape index (κ3) is 5.20. The number of carbonyl (C=O) groups is 3. The van der Waals surface area contributed by atoms with E-state index in [2.05, 4.69) is 5.32 Å². The number of amides is 1. The second-order valence-corrected chi connectivity index (χ2v) is 5.55. The van der Waals surface area contributed by atoms with Crippen molar-refractivity contribution in [1.82, 2.24) is 0 Å². The third-order valence-corrected chi connectivity index (χ3v) is 3.16. The maximum absolute atomic E-state index is 11.8. The summed E-state index contributed by atoms with van der Waals surface area (Å²) in [7, 11) is 0. The van der Waals surface area contributed by atoms with Gasteiger partial charge in [0.1, 0.15) is 11.3 Å². The molecule has 7 heteroatoms. The molecule has 0 atom stereocenters. The SMILES string of the molecule is Cc1occc1C(=O)OCC(=O)Nc1ccc(C(=O)OC(C)C)cc1. The smallest absolute Gasteiger partial charge is 0.342 e. The van der Waals surface area contributed by atoms with Crippen LogP contribution in [0.1, 0.15) is 40.3 Å². The average molecular weight is 345 g/mol. The molecule has 1 aromatic carbocycles.